The van der Waals surface area contributed by atoms with Gasteiger partial charge in [0.2, 0.25) is 5.91 Å². The Labute approximate surface area is 181 Å². The van der Waals surface area contributed by atoms with Gasteiger partial charge in [0.1, 0.15) is 29.5 Å². The standard InChI is InChI=1S/C20H22F4N6O2/c1-10-13(21)3-6-16(25-10)28-19(32)30-12-7-8-29(9-12)15-5-4-14(27-17(15)30)18(31)26-11(2)20(22,23)24/h3-6,11-12,14,27H,7-9H2,1-2H3,(H,26,31)(H,25,28,32)/t11-,12+,14?/m1/s1. The van der Waals surface area contributed by atoms with Crippen molar-refractivity contribution in [3.63, 3.8) is 0 Å². The molecule has 0 aliphatic carbocycles. The molecule has 0 aromatic carbocycles. The number of nitrogens with zero attached hydrogens (tertiary/aromatic N) is 3. The quantitative estimate of drug-likeness (QED) is 0.610. The van der Waals surface area contributed by atoms with Gasteiger partial charge in [-0.3, -0.25) is 15.0 Å². The molecule has 3 aliphatic rings. The Bertz CT molecular complexity index is 1010. The molecule has 12 heteroatoms. The fourth-order valence-corrected chi connectivity index (χ4v) is 3.93. The number of allylic oxidation sites excluding steroid dienone is 1. The number of aryl methyl sites for hydroxylation is 1. The van der Waals surface area contributed by atoms with Crippen LogP contribution in [0.4, 0.5) is 28.2 Å². The molecule has 32 heavy (non-hydrogen) atoms. The molecule has 3 atom stereocenters. The van der Waals surface area contributed by atoms with E-state index in [-0.39, 0.29) is 17.6 Å². The van der Waals surface area contributed by atoms with Crippen LogP contribution < -0.4 is 16.0 Å². The molecule has 0 spiro atoms. The van der Waals surface area contributed by atoms with Gasteiger partial charge in [-0.1, -0.05) is 6.08 Å². The summed E-state index contributed by atoms with van der Waals surface area (Å²) in [5, 5.41) is 7.48. The molecule has 0 saturated carbocycles. The van der Waals surface area contributed by atoms with Crippen molar-refractivity contribution in [2.45, 2.75) is 44.6 Å². The van der Waals surface area contributed by atoms with Crippen molar-refractivity contribution in [1.82, 2.24) is 25.4 Å². The van der Waals surface area contributed by atoms with E-state index in [1.807, 2.05) is 10.2 Å². The first-order chi connectivity index (χ1) is 15.0. The van der Waals surface area contributed by atoms with E-state index in [1.165, 1.54) is 30.0 Å². The lowest BCUT2D eigenvalue weighted by molar-refractivity contribution is -0.158. The number of rotatable bonds is 3. The Hall–Kier alpha value is -3.31. The number of halogens is 4. The van der Waals surface area contributed by atoms with Gasteiger partial charge in [-0.15, -0.1) is 0 Å². The van der Waals surface area contributed by atoms with Crippen LogP contribution in [0, 0.1) is 12.7 Å². The van der Waals surface area contributed by atoms with E-state index < -0.39 is 36.0 Å². The number of carbonyl (C=O) groups excluding carboxylic acids is 2. The summed E-state index contributed by atoms with van der Waals surface area (Å²) < 4.78 is 52.0. The molecule has 1 aromatic rings. The number of hydrogen-bond acceptors (Lipinski definition) is 5. The number of aromatic nitrogens is 1. The molecule has 0 radical (unpaired) electrons. The van der Waals surface area contributed by atoms with Crippen molar-refractivity contribution in [3.05, 3.63) is 47.3 Å². The fourth-order valence-electron chi connectivity index (χ4n) is 3.93. The second-order valence-electron chi connectivity index (χ2n) is 7.94. The van der Waals surface area contributed by atoms with Gasteiger partial charge in [0, 0.05) is 13.1 Å². The zero-order chi connectivity index (χ0) is 23.2. The molecule has 2 bridgehead atoms. The molecule has 1 unspecified atom stereocenters. The van der Waals surface area contributed by atoms with Crippen LogP contribution in [0.2, 0.25) is 0 Å². The van der Waals surface area contributed by atoms with Crippen molar-refractivity contribution in [3.8, 4) is 0 Å². The number of amides is 3. The number of fused-ring (bicyclic) bond motifs is 3. The van der Waals surface area contributed by atoms with E-state index in [4.69, 9.17) is 0 Å². The summed E-state index contributed by atoms with van der Waals surface area (Å²) >= 11 is 0. The SMILES string of the molecule is Cc1nc(NC(=O)N2C3=C(C=CC(C(=O)N[C@H](C)C(F)(F)F)N3)N3CC[C@H]2C3)ccc1F. The van der Waals surface area contributed by atoms with Crippen LogP contribution in [-0.4, -0.2) is 64.1 Å². The third kappa shape index (κ3) is 4.08. The molecule has 3 aliphatic heterocycles. The lowest BCUT2D eigenvalue weighted by Crippen LogP contribution is -2.57. The Morgan fingerprint density at radius 3 is 2.75 bits per heavy atom. The minimum Gasteiger partial charge on any atom is -0.366 e. The largest absolute Gasteiger partial charge is 0.408 e. The molecule has 1 saturated heterocycles. The summed E-state index contributed by atoms with van der Waals surface area (Å²) in [7, 11) is 0. The maximum atomic E-state index is 13.5. The average molecular weight is 454 g/mol. The van der Waals surface area contributed by atoms with E-state index in [2.05, 4.69) is 15.6 Å². The van der Waals surface area contributed by atoms with Crippen molar-refractivity contribution in [2.24, 2.45) is 0 Å². The molecule has 3 N–H and O–H groups in total. The predicted octanol–water partition coefficient (Wildman–Crippen LogP) is 2.22. The predicted molar refractivity (Wildman–Crippen MR) is 107 cm³/mol. The summed E-state index contributed by atoms with van der Waals surface area (Å²) in [6, 6.07) is -1.30. The summed E-state index contributed by atoms with van der Waals surface area (Å²) in [5.41, 5.74) is 0.799. The summed E-state index contributed by atoms with van der Waals surface area (Å²) in [6.45, 7) is 3.60. The van der Waals surface area contributed by atoms with Crippen molar-refractivity contribution >= 4 is 17.8 Å². The highest BCUT2D eigenvalue weighted by Gasteiger charge is 2.43. The minimum absolute atomic E-state index is 0.127. The summed E-state index contributed by atoms with van der Waals surface area (Å²) in [6.07, 6.45) is -0.790. The van der Waals surface area contributed by atoms with E-state index in [1.54, 1.807) is 6.08 Å². The average Bonchev–Trinajstić information content (AvgIpc) is 3.14. The van der Waals surface area contributed by atoms with Gasteiger partial charge in [-0.2, -0.15) is 13.2 Å². The van der Waals surface area contributed by atoms with E-state index in [9.17, 15) is 27.2 Å². The van der Waals surface area contributed by atoms with E-state index >= 15 is 0 Å². The lowest BCUT2D eigenvalue weighted by atomic mass is 10.1. The van der Waals surface area contributed by atoms with Crippen LogP contribution in [-0.2, 0) is 4.79 Å². The van der Waals surface area contributed by atoms with E-state index in [0.29, 0.717) is 31.0 Å². The number of alkyl halides is 3. The van der Waals surface area contributed by atoms with Crippen LogP contribution in [0.5, 0.6) is 0 Å². The normalized spacial score (nSPS) is 22.9. The Kier molecular flexibility index (Phi) is 5.47. The highest BCUT2D eigenvalue weighted by molar-refractivity contribution is 5.91. The molecule has 8 nitrogen and oxygen atoms in total. The smallest absolute Gasteiger partial charge is 0.366 e. The number of nitrogens with one attached hydrogen (secondary N) is 3. The minimum atomic E-state index is -4.57. The maximum absolute atomic E-state index is 13.5. The van der Waals surface area contributed by atoms with E-state index in [0.717, 1.165) is 6.92 Å². The van der Waals surface area contributed by atoms with Crippen LogP contribution in [0.1, 0.15) is 19.0 Å². The number of hydrogen-bond donors (Lipinski definition) is 3. The van der Waals surface area contributed by atoms with Crippen LogP contribution in [0.3, 0.4) is 0 Å². The van der Waals surface area contributed by atoms with Crippen molar-refractivity contribution < 1.29 is 27.2 Å². The molecule has 4 rings (SSSR count). The monoisotopic (exact) mass is 454 g/mol. The Balaban J connectivity index is 1.54. The molecule has 172 valence electrons. The Morgan fingerprint density at radius 1 is 1.31 bits per heavy atom. The van der Waals surface area contributed by atoms with Crippen molar-refractivity contribution in [1.29, 1.82) is 0 Å². The topological polar surface area (TPSA) is 89.6 Å². The van der Waals surface area contributed by atoms with Crippen LogP contribution >= 0.6 is 0 Å². The third-order valence-electron chi connectivity index (χ3n) is 5.70. The van der Waals surface area contributed by atoms with Gasteiger partial charge in [-0.05, 0) is 38.5 Å². The number of anilines is 1. The number of carbonyl (C=O) groups is 2. The molecule has 1 aromatic heterocycles. The summed E-state index contributed by atoms with van der Waals surface area (Å²) in [5.74, 6) is -0.867. The molecule has 4 heterocycles. The number of urea groups is 1. The van der Waals surface area contributed by atoms with Crippen molar-refractivity contribution in [2.75, 3.05) is 18.4 Å². The molecular weight excluding hydrogens is 432 g/mol. The van der Waals surface area contributed by atoms with Crippen LogP contribution in [0.25, 0.3) is 0 Å². The fraction of sp³-hybridized carbons (Fsp3) is 0.450. The first kappa shape index (κ1) is 21.9. The molecular formula is C20H22F4N6O2. The van der Waals surface area contributed by atoms with Gasteiger partial charge in [0.25, 0.3) is 0 Å². The van der Waals surface area contributed by atoms with Gasteiger partial charge in [-0.25, -0.2) is 14.2 Å². The van der Waals surface area contributed by atoms with Gasteiger partial charge in [0.05, 0.1) is 17.4 Å². The molecule has 1 fully saturated rings. The zero-order valence-corrected chi connectivity index (χ0v) is 17.3. The van der Waals surface area contributed by atoms with Gasteiger partial charge in [0.15, 0.2) is 0 Å². The number of dihydropyridines is 1. The van der Waals surface area contributed by atoms with Crippen LogP contribution in [0.15, 0.2) is 35.8 Å². The highest BCUT2D eigenvalue weighted by Crippen LogP contribution is 2.33. The third-order valence-corrected chi connectivity index (χ3v) is 5.70. The van der Waals surface area contributed by atoms with Gasteiger partial charge >= 0.3 is 12.2 Å². The lowest BCUT2D eigenvalue weighted by Gasteiger charge is -2.41. The first-order valence-corrected chi connectivity index (χ1v) is 10.1. The Morgan fingerprint density at radius 2 is 2.06 bits per heavy atom. The summed E-state index contributed by atoms with van der Waals surface area (Å²) in [4.78, 5) is 33.0. The molecule has 3 amide bonds. The zero-order valence-electron chi connectivity index (χ0n) is 17.3. The second kappa shape index (κ2) is 7.99. The van der Waals surface area contributed by atoms with Gasteiger partial charge < -0.3 is 15.5 Å². The highest BCUT2D eigenvalue weighted by atomic mass is 19.4. The number of pyridine rings is 1. The maximum Gasteiger partial charge on any atom is 0.408 e. The second-order valence-corrected chi connectivity index (χ2v) is 7.94. The first-order valence-electron chi connectivity index (χ1n) is 10.1.